The zero-order chi connectivity index (χ0) is 14.8. The number of nitrogens with zero attached hydrogens (tertiary/aromatic N) is 1. The van der Waals surface area contributed by atoms with Crippen molar-refractivity contribution in [2.75, 3.05) is 24.7 Å². The number of likely N-dealkylation sites (tertiary alicyclic amines) is 1. The van der Waals surface area contributed by atoms with Gasteiger partial charge in [0.1, 0.15) is 6.04 Å². The number of rotatable bonds is 5. The minimum absolute atomic E-state index is 0.00712. The zero-order valence-corrected chi connectivity index (χ0v) is 12.6. The van der Waals surface area contributed by atoms with Crippen molar-refractivity contribution in [2.24, 2.45) is 0 Å². The summed E-state index contributed by atoms with van der Waals surface area (Å²) in [7, 11) is -1.55. The number of benzene rings is 1. The van der Waals surface area contributed by atoms with E-state index in [2.05, 4.69) is 5.32 Å². The number of carbonyl (C=O) groups is 1. The highest BCUT2D eigenvalue weighted by atomic mass is 32.2. The summed E-state index contributed by atoms with van der Waals surface area (Å²) in [5, 5.41) is 3.08. The number of amides is 1. The average Bonchev–Trinajstić information content (AvgIpc) is 2.71. The SMILES string of the molecule is CCCS(=O)(=O)c1ccccc1NC1CCN(C)C1=O. The number of likely N-dealkylation sites (N-methyl/N-ethyl adjacent to an activating group) is 1. The molecule has 1 unspecified atom stereocenters. The van der Waals surface area contributed by atoms with Gasteiger partial charge in [-0.3, -0.25) is 4.79 Å². The van der Waals surface area contributed by atoms with Gasteiger partial charge in [0.05, 0.1) is 16.3 Å². The summed E-state index contributed by atoms with van der Waals surface area (Å²) in [6.45, 7) is 2.53. The first kappa shape index (κ1) is 14.8. The van der Waals surface area contributed by atoms with Crippen molar-refractivity contribution in [1.29, 1.82) is 0 Å². The van der Waals surface area contributed by atoms with E-state index >= 15 is 0 Å². The molecule has 0 bridgehead atoms. The van der Waals surface area contributed by atoms with Crippen LogP contribution in [-0.2, 0) is 14.6 Å². The normalized spacial score (nSPS) is 19.4. The Bertz CT molecular complexity index is 598. The third kappa shape index (κ3) is 2.95. The number of anilines is 1. The van der Waals surface area contributed by atoms with Gasteiger partial charge in [-0.25, -0.2) is 8.42 Å². The van der Waals surface area contributed by atoms with Gasteiger partial charge in [0.25, 0.3) is 0 Å². The van der Waals surface area contributed by atoms with Crippen LogP contribution in [-0.4, -0.2) is 44.6 Å². The Balaban J connectivity index is 2.27. The molecule has 20 heavy (non-hydrogen) atoms. The fourth-order valence-electron chi connectivity index (χ4n) is 2.38. The van der Waals surface area contributed by atoms with Crippen LogP contribution in [0.3, 0.4) is 0 Å². The average molecular weight is 296 g/mol. The molecule has 0 radical (unpaired) electrons. The second kappa shape index (κ2) is 5.83. The van der Waals surface area contributed by atoms with Crippen molar-refractivity contribution in [1.82, 2.24) is 4.90 Å². The summed E-state index contributed by atoms with van der Waals surface area (Å²) in [5.41, 5.74) is 0.523. The molecule has 0 spiro atoms. The van der Waals surface area contributed by atoms with E-state index in [1.165, 1.54) is 0 Å². The summed E-state index contributed by atoms with van der Waals surface area (Å²) < 4.78 is 24.5. The number of sulfone groups is 1. The second-order valence-electron chi connectivity index (χ2n) is 5.06. The van der Waals surface area contributed by atoms with E-state index in [9.17, 15) is 13.2 Å². The van der Waals surface area contributed by atoms with Gasteiger partial charge in [-0.2, -0.15) is 0 Å². The largest absolute Gasteiger partial charge is 0.373 e. The second-order valence-corrected chi connectivity index (χ2v) is 7.14. The standard InChI is InChI=1S/C14H20N2O3S/c1-3-10-20(18,19)13-7-5-4-6-11(13)15-12-8-9-16(2)14(12)17/h4-7,12,15H,3,8-10H2,1-2H3. The summed E-state index contributed by atoms with van der Waals surface area (Å²) >= 11 is 0. The van der Waals surface area contributed by atoms with Crippen LogP contribution in [0.2, 0.25) is 0 Å². The Kier molecular flexibility index (Phi) is 4.32. The highest BCUT2D eigenvalue weighted by Crippen LogP contribution is 2.25. The topological polar surface area (TPSA) is 66.5 Å². The van der Waals surface area contributed by atoms with E-state index < -0.39 is 9.84 Å². The lowest BCUT2D eigenvalue weighted by Crippen LogP contribution is -2.31. The molecule has 1 N–H and O–H groups in total. The number of carbonyl (C=O) groups excluding carboxylic acids is 1. The maximum absolute atomic E-state index is 12.2. The molecule has 1 aliphatic rings. The molecule has 1 atom stereocenters. The van der Waals surface area contributed by atoms with Crippen LogP contribution in [0, 0.1) is 0 Å². The molecule has 6 heteroatoms. The molecule has 1 fully saturated rings. The lowest BCUT2D eigenvalue weighted by atomic mass is 10.2. The van der Waals surface area contributed by atoms with Gasteiger partial charge in [-0.1, -0.05) is 19.1 Å². The van der Waals surface area contributed by atoms with Crippen molar-refractivity contribution >= 4 is 21.4 Å². The summed E-state index contributed by atoms with van der Waals surface area (Å²) in [6.07, 6.45) is 1.26. The summed E-state index contributed by atoms with van der Waals surface area (Å²) in [6, 6.07) is 6.45. The van der Waals surface area contributed by atoms with Gasteiger partial charge in [0, 0.05) is 13.6 Å². The number of para-hydroxylation sites is 1. The first-order valence-electron chi connectivity index (χ1n) is 6.79. The fourth-order valence-corrected chi connectivity index (χ4v) is 3.89. The molecule has 1 saturated heterocycles. The Morgan fingerprint density at radius 3 is 2.65 bits per heavy atom. The Morgan fingerprint density at radius 2 is 2.05 bits per heavy atom. The molecule has 110 valence electrons. The van der Waals surface area contributed by atoms with Crippen LogP contribution in [0.15, 0.2) is 29.2 Å². The first-order chi connectivity index (χ1) is 9.45. The van der Waals surface area contributed by atoms with Crippen molar-refractivity contribution in [2.45, 2.75) is 30.7 Å². The van der Waals surface area contributed by atoms with E-state index in [0.29, 0.717) is 25.1 Å². The molecule has 0 aliphatic carbocycles. The molecule has 1 aromatic carbocycles. The summed E-state index contributed by atoms with van der Waals surface area (Å²) in [4.78, 5) is 13.8. The molecule has 1 aliphatic heterocycles. The van der Waals surface area contributed by atoms with Crippen LogP contribution in [0.4, 0.5) is 5.69 Å². The lowest BCUT2D eigenvalue weighted by molar-refractivity contribution is -0.127. The Labute approximate surface area is 119 Å². The molecule has 0 aromatic heterocycles. The van der Waals surface area contributed by atoms with E-state index in [-0.39, 0.29) is 22.6 Å². The quantitative estimate of drug-likeness (QED) is 0.894. The molecular weight excluding hydrogens is 276 g/mol. The van der Waals surface area contributed by atoms with Crippen molar-refractivity contribution in [3.8, 4) is 0 Å². The molecule has 0 saturated carbocycles. The van der Waals surface area contributed by atoms with Crippen molar-refractivity contribution < 1.29 is 13.2 Å². The van der Waals surface area contributed by atoms with Gasteiger partial charge in [-0.15, -0.1) is 0 Å². The van der Waals surface area contributed by atoms with E-state index in [0.717, 1.165) is 0 Å². The highest BCUT2D eigenvalue weighted by Gasteiger charge is 2.30. The zero-order valence-electron chi connectivity index (χ0n) is 11.8. The monoisotopic (exact) mass is 296 g/mol. The third-order valence-electron chi connectivity index (χ3n) is 3.45. The molecule has 5 nitrogen and oxygen atoms in total. The predicted molar refractivity (Wildman–Crippen MR) is 78.5 cm³/mol. The van der Waals surface area contributed by atoms with Gasteiger partial charge < -0.3 is 10.2 Å². The minimum Gasteiger partial charge on any atom is -0.373 e. The van der Waals surface area contributed by atoms with Gasteiger partial charge >= 0.3 is 0 Å². The smallest absolute Gasteiger partial charge is 0.244 e. The predicted octanol–water partition coefficient (Wildman–Crippen LogP) is 1.51. The number of hydrogen-bond acceptors (Lipinski definition) is 4. The van der Waals surface area contributed by atoms with Gasteiger partial charge in [0.2, 0.25) is 5.91 Å². The van der Waals surface area contributed by atoms with Crippen molar-refractivity contribution in [3.05, 3.63) is 24.3 Å². The number of hydrogen-bond donors (Lipinski definition) is 1. The maximum atomic E-state index is 12.2. The minimum atomic E-state index is -3.30. The van der Waals surface area contributed by atoms with E-state index in [4.69, 9.17) is 0 Å². The van der Waals surface area contributed by atoms with E-state index in [1.54, 1.807) is 36.2 Å². The third-order valence-corrected chi connectivity index (χ3v) is 5.42. The molecule has 1 heterocycles. The van der Waals surface area contributed by atoms with E-state index in [1.807, 2.05) is 6.92 Å². The first-order valence-corrected chi connectivity index (χ1v) is 8.44. The van der Waals surface area contributed by atoms with Gasteiger partial charge in [-0.05, 0) is 25.0 Å². The molecular formula is C14H20N2O3S. The number of nitrogens with one attached hydrogen (secondary N) is 1. The fraction of sp³-hybridized carbons (Fsp3) is 0.500. The van der Waals surface area contributed by atoms with Crippen LogP contribution in [0.1, 0.15) is 19.8 Å². The highest BCUT2D eigenvalue weighted by molar-refractivity contribution is 7.91. The molecule has 2 rings (SSSR count). The van der Waals surface area contributed by atoms with Crippen LogP contribution in [0.5, 0.6) is 0 Å². The molecule has 1 amide bonds. The van der Waals surface area contributed by atoms with Gasteiger partial charge in [0.15, 0.2) is 9.84 Å². The Hall–Kier alpha value is -1.56. The van der Waals surface area contributed by atoms with Crippen molar-refractivity contribution in [3.63, 3.8) is 0 Å². The summed E-state index contributed by atoms with van der Waals surface area (Å²) in [5.74, 6) is 0.122. The maximum Gasteiger partial charge on any atom is 0.244 e. The van der Waals surface area contributed by atoms with Crippen LogP contribution < -0.4 is 5.32 Å². The lowest BCUT2D eigenvalue weighted by Gasteiger charge is -2.16. The van der Waals surface area contributed by atoms with Crippen LogP contribution in [0.25, 0.3) is 0 Å². The Morgan fingerprint density at radius 1 is 1.35 bits per heavy atom. The molecule has 1 aromatic rings. The van der Waals surface area contributed by atoms with Crippen LogP contribution >= 0.6 is 0 Å².